The van der Waals surface area contributed by atoms with Crippen LogP contribution in [0.2, 0.25) is 10.0 Å². The number of halogens is 2. The van der Waals surface area contributed by atoms with Crippen LogP contribution in [0.25, 0.3) is 0 Å². The van der Waals surface area contributed by atoms with Crippen LogP contribution in [0.5, 0.6) is 0 Å². The summed E-state index contributed by atoms with van der Waals surface area (Å²) >= 11 is 12.5. The van der Waals surface area contributed by atoms with Gasteiger partial charge in [-0.3, -0.25) is 4.79 Å². The molecule has 4 heteroatoms. The molecule has 1 heterocycles. The lowest BCUT2D eigenvalue weighted by atomic mass is 9.74. The lowest BCUT2D eigenvalue weighted by Crippen LogP contribution is -2.51. The molecular formula is C25H29Cl2NO. The molecule has 0 radical (unpaired) electrons. The van der Waals surface area contributed by atoms with Crippen LogP contribution in [-0.2, 0) is 4.79 Å². The van der Waals surface area contributed by atoms with Gasteiger partial charge in [0.2, 0.25) is 5.91 Å². The second-order valence-corrected chi connectivity index (χ2v) is 8.70. The fourth-order valence-electron chi connectivity index (χ4n) is 4.67. The van der Waals surface area contributed by atoms with Crippen LogP contribution in [0.15, 0.2) is 61.2 Å². The summed E-state index contributed by atoms with van der Waals surface area (Å²) in [5.74, 6) is 0.343. The van der Waals surface area contributed by atoms with Gasteiger partial charge >= 0.3 is 0 Å². The highest BCUT2D eigenvalue weighted by Gasteiger charge is 2.44. The quantitative estimate of drug-likeness (QED) is 0.418. The van der Waals surface area contributed by atoms with E-state index < -0.39 is 0 Å². The Labute approximate surface area is 184 Å². The molecule has 3 atom stereocenters. The largest absolute Gasteiger partial charge is 0.332 e. The molecule has 3 rings (SSSR count). The Morgan fingerprint density at radius 3 is 2.34 bits per heavy atom. The Morgan fingerprint density at radius 2 is 1.76 bits per heavy atom. The highest BCUT2D eigenvalue weighted by atomic mass is 35.5. The Kier molecular flexibility index (Phi) is 7.43. The van der Waals surface area contributed by atoms with E-state index in [1.165, 1.54) is 5.56 Å². The lowest BCUT2D eigenvalue weighted by Gasteiger charge is -2.48. The maximum absolute atomic E-state index is 13.6. The van der Waals surface area contributed by atoms with Gasteiger partial charge in [-0.25, -0.2) is 0 Å². The molecule has 0 bridgehead atoms. The SMILES string of the molecule is C=CC[C@@H]1C[C@H](c2cccc(Cl)c2)[C@@H](c2ccc(Cl)cc2)N(C(CC)CC)C1=O. The van der Waals surface area contributed by atoms with Gasteiger partial charge in [-0.15, -0.1) is 6.58 Å². The average molecular weight is 430 g/mol. The number of carbonyl (C=O) groups is 1. The van der Waals surface area contributed by atoms with Crippen molar-refractivity contribution in [3.8, 4) is 0 Å². The molecule has 1 aliphatic rings. The summed E-state index contributed by atoms with van der Waals surface area (Å²) in [4.78, 5) is 15.7. The molecule has 2 aromatic rings. The number of carbonyl (C=O) groups excluding carboxylic acids is 1. The predicted molar refractivity (Wildman–Crippen MR) is 123 cm³/mol. The van der Waals surface area contributed by atoms with Crippen LogP contribution in [-0.4, -0.2) is 16.8 Å². The first kappa shape index (κ1) is 21.9. The van der Waals surface area contributed by atoms with Crippen molar-refractivity contribution in [2.75, 3.05) is 0 Å². The number of nitrogens with zero attached hydrogens (tertiary/aromatic N) is 1. The number of likely N-dealkylation sites (tertiary alicyclic amines) is 1. The summed E-state index contributed by atoms with van der Waals surface area (Å²) in [5, 5.41) is 1.43. The van der Waals surface area contributed by atoms with E-state index in [1.54, 1.807) is 0 Å². The smallest absolute Gasteiger partial charge is 0.226 e. The topological polar surface area (TPSA) is 20.3 Å². The van der Waals surface area contributed by atoms with Crippen molar-refractivity contribution >= 4 is 29.1 Å². The Morgan fingerprint density at radius 1 is 1.07 bits per heavy atom. The van der Waals surface area contributed by atoms with E-state index in [0.29, 0.717) is 11.4 Å². The average Bonchev–Trinajstić information content (AvgIpc) is 2.72. The lowest BCUT2D eigenvalue weighted by molar-refractivity contribution is -0.146. The van der Waals surface area contributed by atoms with E-state index in [9.17, 15) is 4.79 Å². The second-order valence-electron chi connectivity index (χ2n) is 7.83. The highest BCUT2D eigenvalue weighted by molar-refractivity contribution is 6.30. The van der Waals surface area contributed by atoms with Crippen molar-refractivity contribution in [3.63, 3.8) is 0 Å². The van der Waals surface area contributed by atoms with Crippen molar-refractivity contribution in [2.45, 2.75) is 57.5 Å². The van der Waals surface area contributed by atoms with Gasteiger partial charge < -0.3 is 4.90 Å². The molecule has 1 amide bonds. The van der Waals surface area contributed by atoms with Crippen LogP contribution in [0.1, 0.15) is 62.6 Å². The van der Waals surface area contributed by atoms with E-state index in [2.05, 4.69) is 43.5 Å². The highest BCUT2D eigenvalue weighted by Crippen LogP contribution is 2.47. The minimum absolute atomic E-state index is 0.0378. The summed E-state index contributed by atoms with van der Waals surface area (Å²) in [7, 11) is 0. The van der Waals surface area contributed by atoms with Gasteiger partial charge in [-0.05, 0) is 61.1 Å². The van der Waals surface area contributed by atoms with Crippen molar-refractivity contribution in [3.05, 3.63) is 82.4 Å². The van der Waals surface area contributed by atoms with Crippen LogP contribution < -0.4 is 0 Å². The standard InChI is InChI=1S/C25H29Cl2NO/c1-4-8-19-16-23(18-9-7-10-21(27)15-18)24(17-11-13-20(26)14-12-17)28(25(19)29)22(5-2)6-3/h4,7,9-15,19,22-24H,1,5-6,8,16H2,2-3H3/t19-,23-,24-/m1/s1. The number of hydrogen-bond donors (Lipinski definition) is 0. The van der Waals surface area contributed by atoms with Gasteiger partial charge in [0.1, 0.15) is 0 Å². The van der Waals surface area contributed by atoms with E-state index in [4.69, 9.17) is 23.2 Å². The number of amides is 1. The number of rotatable bonds is 7. The van der Waals surface area contributed by atoms with Gasteiger partial charge in [0, 0.05) is 27.9 Å². The molecule has 2 nitrogen and oxygen atoms in total. The molecule has 0 saturated carbocycles. The first-order valence-corrected chi connectivity index (χ1v) is 11.2. The molecule has 1 aliphatic heterocycles. The second kappa shape index (κ2) is 9.82. The monoisotopic (exact) mass is 429 g/mol. The molecule has 0 unspecified atom stereocenters. The first-order valence-electron chi connectivity index (χ1n) is 10.4. The third kappa shape index (κ3) is 4.70. The molecule has 1 saturated heterocycles. The van der Waals surface area contributed by atoms with Crippen LogP contribution in [0, 0.1) is 5.92 Å². The van der Waals surface area contributed by atoms with E-state index in [-0.39, 0.29) is 29.8 Å². The Hall–Kier alpha value is -1.77. The number of allylic oxidation sites excluding steroid dienone is 1. The zero-order valence-corrected chi connectivity index (χ0v) is 18.7. The van der Waals surface area contributed by atoms with Crippen LogP contribution in [0.3, 0.4) is 0 Å². The molecule has 29 heavy (non-hydrogen) atoms. The molecule has 0 aromatic heterocycles. The molecule has 0 spiro atoms. The molecule has 154 valence electrons. The van der Waals surface area contributed by atoms with E-state index in [1.807, 2.05) is 36.4 Å². The fraction of sp³-hybridized carbons (Fsp3) is 0.400. The Balaban J connectivity index is 2.16. The summed E-state index contributed by atoms with van der Waals surface area (Å²) in [6, 6.07) is 16.2. The predicted octanol–water partition coefficient (Wildman–Crippen LogP) is 7.43. The Bertz CT molecular complexity index is 844. The van der Waals surface area contributed by atoms with Crippen molar-refractivity contribution < 1.29 is 4.79 Å². The van der Waals surface area contributed by atoms with Gasteiger partial charge in [-0.1, -0.05) is 67.4 Å². The summed E-state index contributed by atoms with van der Waals surface area (Å²) in [5.41, 5.74) is 2.30. The van der Waals surface area contributed by atoms with Gasteiger partial charge in [-0.2, -0.15) is 0 Å². The molecular weight excluding hydrogens is 401 g/mol. The van der Waals surface area contributed by atoms with E-state index in [0.717, 1.165) is 29.8 Å². The van der Waals surface area contributed by atoms with Crippen molar-refractivity contribution in [1.82, 2.24) is 4.90 Å². The van der Waals surface area contributed by atoms with Gasteiger partial charge in [0.15, 0.2) is 0 Å². The molecule has 1 fully saturated rings. The minimum atomic E-state index is -0.0550. The molecule has 0 N–H and O–H groups in total. The maximum atomic E-state index is 13.6. The fourth-order valence-corrected chi connectivity index (χ4v) is 5.00. The number of hydrogen-bond acceptors (Lipinski definition) is 1. The third-order valence-electron chi connectivity index (χ3n) is 6.10. The molecule has 0 aliphatic carbocycles. The van der Waals surface area contributed by atoms with Crippen LogP contribution >= 0.6 is 23.2 Å². The number of piperidine rings is 1. The van der Waals surface area contributed by atoms with E-state index >= 15 is 0 Å². The summed E-state index contributed by atoms with van der Waals surface area (Å²) in [6.45, 7) is 8.21. The first-order chi connectivity index (χ1) is 14.0. The zero-order chi connectivity index (χ0) is 21.0. The normalized spacial score (nSPS) is 22.2. The van der Waals surface area contributed by atoms with Crippen molar-refractivity contribution in [2.24, 2.45) is 5.92 Å². The van der Waals surface area contributed by atoms with Gasteiger partial charge in [0.25, 0.3) is 0 Å². The summed E-state index contributed by atoms with van der Waals surface area (Å²) in [6.07, 6.45) is 5.20. The molecule has 2 aromatic carbocycles. The number of benzene rings is 2. The third-order valence-corrected chi connectivity index (χ3v) is 6.59. The zero-order valence-electron chi connectivity index (χ0n) is 17.2. The van der Waals surface area contributed by atoms with Crippen molar-refractivity contribution in [1.29, 1.82) is 0 Å². The minimum Gasteiger partial charge on any atom is -0.332 e. The maximum Gasteiger partial charge on any atom is 0.226 e. The van der Waals surface area contributed by atoms with Crippen LogP contribution in [0.4, 0.5) is 0 Å². The summed E-state index contributed by atoms with van der Waals surface area (Å²) < 4.78 is 0. The van der Waals surface area contributed by atoms with Gasteiger partial charge in [0.05, 0.1) is 6.04 Å².